The minimum atomic E-state index is 0.426. The van der Waals surface area contributed by atoms with Gasteiger partial charge in [0, 0.05) is 88.5 Å². The quantitative estimate of drug-likeness (QED) is 0.367. The molecule has 5 heterocycles. The van der Waals surface area contributed by atoms with Gasteiger partial charge in [0.05, 0.1) is 18.1 Å². The minimum absolute atomic E-state index is 0.426. The second-order valence-corrected chi connectivity index (χ2v) is 10.6. The molecule has 37 heavy (non-hydrogen) atoms. The van der Waals surface area contributed by atoms with Crippen molar-refractivity contribution in [2.75, 3.05) is 38.3 Å². The maximum Gasteiger partial charge on any atom is 0.160 e. The Bertz CT molecular complexity index is 1280. The van der Waals surface area contributed by atoms with Crippen molar-refractivity contribution in [3.05, 3.63) is 47.4 Å². The zero-order valence-corrected chi connectivity index (χ0v) is 22.5. The number of hydrogen-bond donors (Lipinski definition) is 0. The molecule has 3 aromatic rings. The van der Waals surface area contributed by atoms with Gasteiger partial charge in [-0.1, -0.05) is 13.0 Å². The molecule has 8 heteroatoms. The van der Waals surface area contributed by atoms with Gasteiger partial charge < -0.3 is 14.5 Å². The Labute approximate surface area is 219 Å². The van der Waals surface area contributed by atoms with E-state index in [9.17, 15) is 0 Å². The second kappa shape index (κ2) is 10.3. The van der Waals surface area contributed by atoms with E-state index in [2.05, 4.69) is 55.9 Å². The minimum Gasteiger partial charge on any atom is -0.381 e. The average molecular weight is 502 g/mol. The van der Waals surface area contributed by atoms with Crippen molar-refractivity contribution >= 4 is 17.3 Å². The first-order valence-corrected chi connectivity index (χ1v) is 13.9. The number of benzene rings is 1. The summed E-state index contributed by atoms with van der Waals surface area (Å²) in [6.07, 6.45) is 11.5. The Balaban J connectivity index is 1.40. The SMILES string of the molecule is CCC/C(=N\C)N1CCc2c(c(N3CCCc4cc(-c5cnn(C)c5)ccc43)nn2C2CCOCC2)C1. The lowest BCUT2D eigenvalue weighted by Crippen LogP contribution is -2.37. The number of hydrogen-bond acceptors (Lipinski definition) is 5. The molecule has 1 fully saturated rings. The largest absolute Gasteiger partial charge is 0.381 e. The molecule has 0 aliphatic carbocycles. The van der Waals surface area contributed by atoms with Crippen LogP contribution in [0.4, 0.5) is 11.5 Å². The highest BCUT2D eigenvalue weighted by atomic mass is 16.5. The second-order valence-electron chi connectivity index (χ2n) is 10.6. The third-order valence-corrected chi connectivity index (χ3v) is 8.19. The zero-order chi connectivity index (χ0) is 25.4. The fourth-order valence-corrected chi connectivity index (χ4v) is 6.30. The van der Waals surface area contributed by atoms with Crippen LogP contribution >= 0.6 is 0 Å². The average Bonchev–Trinajstić information content (AvgIpc) is 3.55. The van der Waals surface area contributed by atoms with Gasteiger partial charge in [0.15, 0.2) is 5.82 Å². The lowest BCUT2D eigenvalue weighted by molar-refractivity contribution is 0.0652. The first-order valence-electron chi connectivity index (χ1n) is 13.9. The van der Waals surface area contributed by atoms with Crippen LogP contribution in [0.3, 0.4) is 0 Å². The molecule has 3 aliphatic heterocycles. The highest BCUT2D eigenvalue weighted by molar-refractivity contribution is 5.83. The van der Waals surface area contributed by atoms with Crippen LogP contribution in [0.2, 0.25) is 0 Å². The number of rotatable bonds is 5. The number of aromatic nitrogens is 4. The van der Waals surface area contributed by atoms with E-state index in [1.54, 1.807) is 0 Å². The highest BCUT2D eigenvalue weighted by Gasteiger charge is 2.33. The summed E-state index contributed by atoms with van der Waals surface area (Å²) >= 11 is 0. The summed E-state index contributed by atoms with van der Waals surface area (Å²) in [5, 5.41) is 9.77. The summed E-state index contributed by atoms with van der Waals surface area (Å²) < 4.78 is 9.94. The van der Waals surface area contributed by atoms with Gasteiger partial charge >= 0.3 is 0 Å². The Kier molecular flexibility index (Phi) is 6.76. The maximum absolute atomic E-state index is 5.69. The molecule has 0 amide bonds. The molecule has 0 atom stereocenters. The molecule has 196 valence electrons. The van der Waals surface area contributed by atoms with E-state index in [1.165, 1.54) is 39.5 Å². The lowest BCUT2D eigenvalue weighted by Gasteiger charge is -2.34. The lowest BCUT2D eigenvalue weighted by atomic mass is 9.96. The number of aryl methyl sites for hydroxylation is 2. The molecule has 1 aromatic carbocycles. The third-order valence-electron chi connectivity index (χ3n) is 8.19. The van der Waals surface area contributed by atoms with Crippen LogP contribution in [0, 0.1) is 0 Å². The summed E-state index contributed by atoms with van der Waals surface area (Å²) in [6, 6.07) is 7.32. The predicted octanol–water partition coefficient (Wildman–Crippen LogP) is 4.91. The van der Waals surface area contributed by atoms with Crippen molar-refractivity contribution in [2.24, 2.45) is 12.0 Å². The summed E-state index contributed by atoms with van der Waals surface area (Å²) in [5.74, 6) is 2.37. The molecule has 1 saturated heterocycles. The molecule has 2 aromatic heterocycles. The van der Waals surface area contributed by atoms with Gasteiger partial charge in [0.2, 0.25) is 0 Å². The zero-order valence-electron chi connectivity index (χ0n) is 22.5. The van der Waals surface area contributed by atoms with Crippen molar-refractivity contribution in [3.8, 4) is 11.1 Å². The van der Waals surface area contributed by atoms with Crippen LogP contribution in [-0.4, -0.2) is 63.6 Å². The first-order chi connectivity index (χ1) is 18.2. The number of anilines is 2. The van der Waals surface area contributed by atoms with E-state index in [4.69, 9.17) is 9.84 Å². The van der Waals surface area contributed by atoms with E-state index in [-0.39, 0.29) is 0 Å². The van der Waals surface area contributed by atoms with Crippen molar-refractivity contribution in [1.29, 1.82) is 0 Å². The fraction of sp³-hybridized carbons (Fsp3) is 0.552. The van der Waals surface area contributed by atoms with E-state index in [0.29, 0.717) is 6.04 Å². The van der Waals surface area contributed by atoms with E-state index in [1.807, 2.05) is 25.0 Å². The third kappa shape index (κ3) is 4.56. The van der Waals surface area contributed by atoms with Gasteiger partial charge in [0.1, 0.15) is 0 Å². The molecule has 0 radical (unpaired) electrons. The van der Waals surface area contributed by atoms with Gasteiger partial charge in [-0.3, -0.25) is 14.4 Å². The van der Waals surface area contributed by atoms with Gasteiger partial charge in [-0.25, -0.2) is 0 Å². The summed E-state index contributed by atoms with van der Waals surface area (Å²) in [6.45, 7) is 6.79. The summed E-state index contributed by atoms with van der Waals surface area (Å²) in [7, 11) is 3.91. The summed E-state index contributed by atoms with van der Waals surface area (Å²) in [5.41, 5.74) is 7.91. The smallest absolute Gasteiger partial charge is 0.160 e. The van der Waals surface area contributed by atoms with Crippen LogP contribution in [0.15, 0.2) is 35.6 Å². The van der Waals surface area contributed by atoms with Crippen LogP contribution < -0.4 is 4.90 Å². The Morgan fingerprint density at radius 3 is 2.76 bits per heavy atom. The first kappa shape index (κ1) is 24.2. The van der Waals surface area contributed by atoms with Crippen molar-refractivity contribution < 1.29 is 4.74 Å². The van der Waals surface area contributed by atoms with Gasteiger partial charge in [-0.2, -0.15) is 10.2 Å². The summed E-state index contributed by atoms with van der Waals surface area (Å²) in [4.78, 5) is 9.65. The number of amidine groups is 1. The number of fused-ring (bicyclic) bond motifs is 2. The van der Waals surface area contributed by atoms with Crippen LogP contribution in [-0.2, 0) is 31.2 Å². The van der Waals surface area contributed by atoms with Crippen LogP contribution in [0.5, 0.6) is 0 Å². The Morgan fingerprint density at radius 2 is 2.00 bits per heavy atom. The molecule has 0 spiro atoms. The number of aliphatic imine (C=N–C) groups is 1. The van der Waals surface area contributed by atoms with Crippen molar-refractivity contribution in [2.45, 2.75) is 64.5 Å². The molecule has 0 unspecified atom stereocenters. The Hall–Kier alpha value is -3.13. The molecule has 8 nitrogen and oxygen atoms in total. The standard InChI is InChI=1S/C29H39N7O/c1-4-6-28(30-2)34-14-10-27-25(20-34)29(32-36(27)24-11-15-37-16-12-24)35-13-5-7-22-17-21(8-9-26(22)35)23-18-31-33(3)19-23/h8-9,17-19,24H,4-7,10-16,20H2,1-3H3/b30-28+. The number of nitrogens with zero attached hydrogens (tertiary/aromatic N) is 7. The molecular formula is C29H39N7O. The monoisotopic (exact) mass is 501 g/mol. The van der Waals surface area contributed by atoms with Crippen molar-refractivity contribution in [1.82, 2.24) is 24.5 Å². The van der Waals surface area contributed by atoms with E-state index < -0.39 is 0 Å². The van der Waals surface area contributed by atoms with Crippen LogP contribution in [0.25, 0.3) is 11.1 Å². The molecular weight excluding hydrogens is 462 g/mol. The van der Waals surface area contributed by atoms with Gasteiger partial charge in [-0.05, 0) is 55.4 Å². The maximum atomic E-state index is 5.69. The molecule has 6 rings (SSSR count). The molecule has 3 aliphatic rings. The topological polar surface area (TPSA) is 63.7 Å². The number of ether oxygens (including phenoxy) is 1. The Morgan fingerprint density at radius 1 is 1.14 bits per heavy atom. The van der Waals surface area contributed by atoms with E-state index in [0.717, 1.165) is 83.6 Å². The molecule has 0 saturated carbocycles. The van der Waals surface area contributed by atoms with Gasteiger partial charge in [0.25, 0.3) is 0 Å². The normalized spacial score (nSPS) is 18.7. The highest BCUT2D eigenvalue weighted by Crippen LogP contribution is 2.40. The van der Waals surface area contributed by atoms with E-state index >= 15 is 0 Å². The molecule has 0 bridgehead atoms. The fourth-order valence-electron chi connectivity index (χ4n) is 6.30. The predicted molar refractivity (Wildman–Crippen MR) is 148 cm³/mol. The molecule has 0 N–H and O–H groups in total. The van der Waals surface area contributed by atoms with Gasteiger partial charge in [-0.15, -0.1) is 0 Å². The van der Waals surface area contributed by atoms with Crippen molar-refractivity contribution in [3.63, 3.8) is 0 Å². The van der Waals surface area contributed by atoms with Crippen LogP contribution in [0.1, 0.15) is 61.9 Å².